The first kappa shape index (κ1) is 20.3. The fourth-order valence-corrected chi connectivity index (χ4v) is 4.57. The summed E-state index contributed by atoms with van der Waals surface area (Å²) in [5.41, 5.74) is 5.52. The van der Waals surface area contributed by atoms with Gasteiger partial charge in [-0.15, -0.1) is 0 Å². The van der Waals surface area contributed by atoms with Crippen molar-refractivity contribution in [2.45, 2.75) is 39.5 Å². The third kappa shape index (κ3) is 3.22. The number of hydrogen-bond acceptors (Lipinski definition) is 5. The topological polar surface area (TPSA) is 66.2 Å². The predicted octanol–water partition coefficient (Wildman–Crippen LogP) is 4.16. The van der Waals surface area contributed by atoms with E-state index in [2.05, 4.69) is 38.7 Å². The van der Waals surface area contributed by atoms with Gasteiger partial charge >= 0.3 is 0 Å². The zero-order valence-corrected chi connectivity index (χ0v) is 18.1. The van der Waals surface area contributed by atoms with Crippen LogP contribution in [0.25, 0.3) is 5.57 Å². The highest BCUT2D eigenvalue weighted by atomic mass is 16.5. The van der Waals surface area contributed by atoms with Crippen LogP contribution in [-0.4, -0.2) is 41.9 Å². The molecule has 2 aliphatic carbocycles. The standard InChI is InChI=1S/C25H27N3O2/c1-5-28(6-2)11-12-30-21-10-9-19-23(29)22-18-8-7-16(15-26)13-17(18)14-20(22)25(3,4)24(19)27-21/h7-10,13H,5-6,11-12,14H2,1-4H3. The van der Waals surface area contributed by atoms with Gasteiger partial charge in [-0.25, -0.2) is 4.98 Å². The van der Waals surface area contributed by atoms with E-state index in [0.29, 0.717) is 30.0 Å². The Bertz CT molecular complexity index is 1090. The van der Waals surface area contributed by atoms with Crippen molar-refractivity contribution in [2.24, 2.45) is 0 Å². The Kier molecular flexibility index (Phi) is 5.21. The van der Waals surface area contributed by atoms with E-state index in [1.54, 1.807) is 12.1 Å². The molecule has 2 aliphatic rings. The van der Waals surface area contributed by atoms with Gasteiger partial charge in [-0.05, 0) is 54.4 Å². The summed E-state index contributed by atoms with van der Waals surface area (Å²) in [6, 6.07) is 11.4. The highest BCUT2D eigenvalue weighted by Crippen LogP contribution is 2.49. The van der Waals surface area contributed by atoms with Gasteiger partial charge in [0.05, 0.1) is 17.3 Å². The van der Waals surface area contributed by atoms with Crippen LogP contribution in [0.1, 0.15) is 60.4 Å². The lowest BCUT2D eigenvalue weighted by Gasteiger charge is -2.33. The quantitative estimate of drug-likeness (QED) is 0.727. The van der Waals surface area contributed by atoms with Crippen molar-refractivity contribution in [3.8, 4) is 11.9 Å². The number of carbonyl (C=O) groups is 1. The van der Waals surface area contributed by atoms with Crippen LogP contribution in [0.15, 0.2) is 35.9 Å². The summed E-state index contributed by atoms with van der Waals surface area (Å²) in [6.45, 7) is 11.9. The predicted molar refractivity (Wildman–Crippen MR) is 117 cm³/mol. The lowest BCUT2D eigenvalue weighted by Crippen LogP contribution is -2.31. The first-order chi connectivity index (χ1) is 14.4. The van der Waals surface area contributed by atoms with Gasteiger partial charge < -0.3 is 9.64 Å². The number of likely N-dealkylation sites (N-methyl/N-ethyl adjacent to an activating group) is 1. The van der Waals surface area contributed by atoms with Crippen LogP contribution in [0.5, 0.6) is 5.88 Å². The Morgan fingerprint density at radius 3 is 2.60 bits per heavy atom. The van der Waals surface area contributed by atoms with E-state index in [9.17, 15) is 10.1 Å². The largest absolute Gasteiger partial charge is 0.476 e. The van der Waals surface area contributed by atoms with Crippen molar-refractivity contribution >= 4 is 11.4 Å². The van der Waals surface area contributed by atoms with Gasteiger partial charge in [0.15, 0.2) is 5.78 Å². The molecular weight excluding hydrogens is 374 g/mol. The lowest BCUT2D eigenvalue weighted by atomic mass is 9.71. The van der Waals surface area contributed by atoms with Crippen LogP contribution < -0.4 is 4.74 Å². The number of allylic oxidation sites excluding steroid dienone is 2. The monoisotopic (exact) mass is 401 g/mol. The second-order valence-electron chi connectivity index (χ2n) is 8.39. The molecule has 5 nitrogen and oxygen atoms in total. The molecule has 5 heteroatoms. The van der Waals surface area contributed by atoms with Gasteiger partial charge in [0.1, 0.15) is 6.61 Å². The minimum absolute atomic E-state index is 0.0185. The summed E-state index contributed by atoms with van der Waals surface area (Å²) < 4.78 is 5.92. The summed E-state index contributed by atoms with van der Waals surface area (Å²) in [6.07, 6.45) is 0.674. The number of nitrogens with zero attached hydrogens (tertiary/aromatic N) is 3. The molecule has 0 fully saturated rings. The molecule has 0 radical (unpaired) electrons. The molecule has 0 saturated carbocycles. The van der Waals surface area contributed by atoms with E-state index < -0.39 is 0 Å². The Morgan fingerprint density at radius 2 is 1.90 bits per heavy atom. The summed E-state index contributed by atoms with van der Waals surface area (Å²) in [5.74, 6) is 0.582. The summed E-state index contributed by atoms with van der Waals surface area (Å²) >= 11 is 0. The molecule has 0 spiro atoms. The van der Waals surface area contributed by atoms with Crippen molar-refractivity contribution in [1.29, 1.82) is 5.26 Å². The van der Waals surface area contributed by atoms with Gasteiger partial charge in [-0.2, -0.15) is 5.26 Å². The average molecular weight is 402 g/mol. The van der Waals surface area contributed by atoms with Gasteiger partial charge in [0, 0.05) is 29.2 Å². The molecule has 1 heterocycles. The molecule has 30 heavy (non-hydrogen) atoms. The molecule has 0 atom stereocenters. The minimum atomic E-state index is -0.386. The number of ketones is 1. The molecular formula is C25H27N3O2. The van der Waals surface area contributed by atoms with Crippen LogP contribution in [-0.2, 0) is 11.8 Å². The zero-order valence-electron chi connectivity index (χ0n) is 18.1. The molecule has 0 saturated heterocycles. The van der Waals surface area contributed by atoms with Crippen molar-refractivity contribution in [2.75, 3.05) is 26.2 Å². The summed E-state index contributed by atoms with van der Waals surface area (Å²) in [7, 11) is 0. The van der Waals surface area contributed by atoms with Crippen molar-refractivity contribution in [1.82, 2.24) is 9.88 Å². The molecule has 0 aliphatic heterocycles. The number of ether oxygens (including phenoxy) is 1. The smallest absolute Gasteiger partial charge is 0.213 e. The molecule has 0 amide bonds. The molecule has 1 aromatic heterocycles. The summed E-state index contributed by atoms with van der Waals surface area (Å²) in [4.78, 5) is 20.5. The number of pyridine rings is 1. The van der Waals surface area contributed by atoms with Crippen molar-refractivity contribution < 1.29 is 9.53 Å². The molecule has 154 valence electrons. The number of carbonyl (C=O) groups excluding carboxylic acids is 1. The van der Waals surface area contributed by atoms with Crippen LogP contribution in [0, 0.1) is 11.3 Å². The number of nitriles is 1. The molecule has 2 aromatic rings. The highest BCUT2D eigenvalue weighted by molar-refractivity contribution is 6.32. The van der Waals surface area contributed by atoms with Crippen molar-refractivity contribution in [3.05, 3.63) is 63.9 Å². The Balaban J connectivity index is 1.65. The van der Waals surface area contributed by atoms with E-state index in [4.69, 9.17) is 9.72 Å². The second-order valence-corrected chi connectivity index (χ2v) is 8.39. The van der Waals surface area contributed by atoms with Gasteiger partial charge in [0.2, 0.25) is 5.88 Å². The number of fused-ring (bicyclic) bond motifs is 3. The highest BCUT2D eigenvalue weighted by Gasteiger charge is 2.44. The fourth-order valence-electron chi connectivity index (χ4n) is 4.57. The normalized spacial score (nSPS) is 16.2. The zero-order chi connectivity index (χ0) is 21.5. The van der Waals surface area contributed by atoms with E-state index in [-0.39, 0.29) is 11.2 Å². The number of Topliss-reactive ketones (excluding diaryl/α,β-unsaturated/α-hetero) is 1. The lowest BCUT2D eigenvalue weighted by molar-refractivity contribution is 0.105. The Hall–Kier alpha value is -2.97. The van der Waals surface area contributed by atoms with Crippen LogP contribution in [0.2, 0.25) is 0 Å². The van der Waals surface area contributed by atoms with E-state index in [1.165, 1.54) is 0 Å². The Morgan fingerprint density at radius 1 is 1.17 bits per heavy atom. The third-order valence-corrected chi connectivity index (χ3v) is 6.41. The van der Waals surface area contributed by atoms with Gasteiger partial charge in [-0.1, -0.05) is 33.8 Å². The first-order valence-electron chi connectivity index (χ1n) is 10.6. The second kappa shape index (κ2) is 7.70. The number of rotatable bonds is 6. The number of aromatic nitrogens is 1. The molecule has 4 rings (SSSR count). The van der Waals surface area contributed by atoms with Gasteiger partial charge in [0.25, 0.3) is 0 Å². The number of benzene rings is 1. The van der Waals surface area contributed by atoms with Crippen LogP contribution in [0.3, 0.4) is 0 Å². The van der Waals surface area contributed by atoms with Crippen LogP contribution >= 0.6 is 0 Å². The SMILES string of the molecule is CCN(CC)CCOc1ccc2c(n1)C(C)(C)C1=C(C2=O)c2ccc(C#N)cc2C1. The first-order valence-corrected chi connectivity index (χ1v) is 10.6. The minimum Gasteiger partial charge on any atom is -0.476 e. The average Bonchev–Trinajstić information content (AvgIpc) is 3.15. The van der Waals surface area contributed by atoms with Gasteiger partial charge in [-0.3, -0.25) is 4.79 Å². The third-order valence-electron chi connectivity index (χ3n) is 6.41. The fraction of sp³-hybridized carbons (Fsp3) is 0.400. The molecule has 0 bridgehead atoms. The Labute approximate surface area is 178 Å². The van der Waals surface area contributed by atoms with E-state index in [1.807, 2.05) is 18.2 Å². The number of hydrogen-bond donors (Lipinski definition) is 0. The van der Waals surface area contributed by atoms with E-state index in [0.717, 1.165) is 47.6 Å². The maximum Gasteiger partial charge on any atom is 0.213 e. The van der Waals surface area contributed by atoms with Crippen LogP contribution in [0.4, 0.5) is 0 Å². The molecule has 1 aromatic carbocycles. The van der Waals surface area contributed by atoms with E-state index >= 15 is 0 Å². The molecule has 0 N–H and O–H groups in total. The summed E-state index contributed by atoms with van der Waals surface area (Å²) in [5, 5.41) is 9.23. The molecule has 0 unspecified atom stereocenters. The van der Waals surface area contributed by atoms with Crippen molar-refractivity contribution in [3.63, 3.8) is 0 Å². The maximum atomic E-state index is 13.4. The maximum absolute atomic E-state index is 13.4.